The number of aromatic carboxylic acids is 1. The molecule has 10 nitrogen and oxygen atoms in total. The maximum atomic E-state index is 12.4. The molecule has 0 radical (unpaired) electrons. The Hall–Kier alpha value is -2.67. The fourth-order valence-corrected chi connectivity index (χ4v) is 4.78. The number of nitrogens with two attached hydrogens (primary N) is 1. The molecule has 30 heavy (non-hydrogen) atoms. The molecule has 1 atom stereocenters. The minimum Gasteiger partial charge on any atom is -0.478 e. The molecule has 1 aliphatic rings. The first-order chi connectivity index (χ1) is 13.9. The van der Waals surface area contributed by atoms with Crippen LogP contribution in [0.4, 0.5) is 5.69 Å². The van der Waals surface area contributed by atoms with Gasteiger partial charge in [0.2, 0.25) is 10.0 Å². The fraction of sp³-hybridized carbons (Fsp3) is 0.278. The molecule has 162 valence electrons. The summed E-state index contributed by atoms with van der Waals surface area (Å²) in [5, 5.41) is 15.0. The van der Waals surface area contributed by atoms with Crippen molar-refractivity contribution in [2.24, 2.45) is 5.14 Å². The van der Waals surface area contributed by atoms with Gasteiger partial charge in [-0.1, -0.05) is 30.3 Å². The van der Waals surface area contributed by atoms with E-state index in [0.717, 1.165) is 6.07 Å². The second-order valence-electron chi connectivity index (χ2n) is 6.89. The van der Waals surface area contributed by atoms with Crippen molar-refractivity contribution in [1.29, 1.82) is 0 Å². The average molecular weight is 456 g/mol. The summed E-state index contributed by atoms with van der Waals surface area (Å²) in [5.41, 5.74) is -0.485. The topological polar surface area (TPSA) is 164 Å². The third kappa shape index (κ3) is 4.41. The van der Waals surface area contributed by atoms with Crippen LogP contribution in [0.25, 0.3) is 11.1 Å². The number of hydrogen-bond acceptors (Lipinski definition) is 7. The lowest BCUT2D eigenvalue weighted by molar-refractivity contribution is 0.0695. The van der Waals surface area contributed by atoms with Gasteiger partial charge in [-0.2, -0.15) is 8.42 Å². The third-order valence-corrected chi connectivity index (χ3v) is 6.16. The highest BCUT2D eigenvalue weighted by molar-refractivity contribution is 7.89. The number of carboxylic acids is 1. The molecule has 2 aromatic carbocycles. The number of hydrogen-bond donors (Lipinski definition) is 3. The van der Waals surface area contributed by atoms with Crippen LogP contribution in [0.1, 0.15) is 30.1 Å². The zero-order valence-corrected chi connectivity index (χ0v) is 17.5. The lowest BCUT2D eigenvalue weighted by atomic mass is 9.98. The molecule has 1 aliphatic heterocycles. The molecule has 0 bridgehead atoms. The van der Waals surface area contributed by atoms with Crippen molar-refractivity contribution in [2.45, 2.75) is 30.7 Å². The van der Waals surface area contributed by atoms with Gasteiger partial charge in [0.05, 0.1) is 10.6 Å². The van der Waals surface area contributed by atoms with Gasteiger partial charge in [0.15, 0.2) is 5.75 Å². The quantitative estimate of drug-likeness (QED) is 0.550. The molecule has 0 amide bonds. The van der Waals surface area contributed by atoms with E-state index in [1.807, 2.05) is 6.92 Å². The van der Waals surface area contributed by atoms with Gasteiger partial charge in [0, 0.05) is 18.2 Å². The minimum atomic E-state index is -5.12. The Morgan fingerprint density at radius 3 is 2.30 bits per heavy atom. The summed E-state index contributed by atoms with van der Waals surface area (Å²) in [6, 6.07) is 8.66. The molecule has 1 unspecified atom stereocenters. The highest BCUT2D eigenvalue weighted by atomic mass is 32.3. The Labute approximate surface area is 173 Å². The van der Waals surface area contributed by atoms with Crippen LogP contribution in [-0.4, -0.2) is 45.1 Å². The number of benzene rings is 2. The van der Waals surface area contributed by atoms with Crippen molar-refractivity contribution in [2.75, 3.05) is 11.4 Å². The Bertz CT molecular complexity index is 1190. The van der Waals surface area contributed by atoms with Crippen LogP contribution in [0.15, 0.2) is 41.3 Å². The lowest BCUT2D eigenvalue weighted by Crippen LogP contribution is -2.29. The van der Waals surface area contributed by atoms with E-state index in [-0.39, 0.29) is 17.3 Å². The molecule has 3 rings (SSSR count). The minimum absolute atomic E-state index is 0.00417. The Kier molecular flexibility index (Phi) is 5.78. The number of carbonyl (C=O) groups is 1. The number of carboxylic acid groups (broad SMARTS) is 1. The van der Waals surface area contributed by atoms with Gasteiger partial charge < -0.3 is 14.2 Å². The molecule has 2 aromatic rings. The van der Waals surface area contributed by atoms with Gasteiger partial charge in [-0.3, -0.25) is 4.55 Å². The van der Waals surface area contributed by atoms with E-state index >= 15 is 0 Å². The maximum absolute atomic E-state index is 12.4. The van der Waals surface area contributed by atoms with E-state index in [1.54, 1.807) is 35.2 Å². The van der Waals surface area contributed by atoms with E-state index in [9.17, 15) is 31.3 Å². The smallest absolute Gasteiger partial charge is 0.446 e. The van der Waals surface area contributed by atoms with Crippen LogP contribution in [0.2, 0.25) is 0 Å². The van der Waals surface area contributed by atoms with E-state index in [0.29, 0.717) is 24.9 Å². The lowest BCUT2D eigenvalue weighted by Gasteiger charge is -2.30. The van der Waals surface area contributed by atoms with Gasteiger partial charge in [0.1, 0.15) is 5.56 Å². The zero-order chi connectivity index (χ0) is 22.3. The predicted molar refractivity (Wildman–Crippen MR) is 108 cm³/mol. The normalized spacial score (nSPS) is 17.2. The molecule has 0 aromatic heterocycles. The van der Waals surface area contributed by atoms with E-state index in [1.165, 1.54) is 0 Å². The van der Waals surface area contributed by atoms with Crippen molar-refractivity contribution < 1.29 is 35.5 Å². The molecule has 1 fully saturated rings. The average Bonchev–Trinajstić information content (AvgIpc) is 3.05. The molecule has 0 aliphatic carbocycles. The fourth-order valence-electron chi connectivity index (χ4n) is 3.62. The van der Waals surface area contributed by atoms with Crippen molar-refractivity contribution in [1.82, 2.24) is 0 Å². The molecule has 4 N–H and O–H groups in total. The monoisotopic (exact) mass is 456 g/mol. The Balaban J connectivity index is 2.55. The molecule has 1 heterocycles. The first-order valence-corrected chi connectivity index (χ1v) is 11.8. The molecular weight excluding hydrogens is 436 g/mol. The highest BCUT2D eigenvalue weighted by Crippen LogP contribution is 2.47. The first-order valence-electron chi connectivity index (χ1n) is 8.86. The third-order valence-electron chi connectivity index (χ3n) is 4.85. The SMILES string of the molecule is CC1CCCN1c1c(OS(=O)(=O)O)c(C(=O)O)cc(S(N)(=O)=O)c1-c1ccccc1. The van der Waals surface area contributed by atoms with Crippen LogP contribution in [0, 0.1) is 0 Å². The molecule has 0 saturated carbocycles. The molecule has 0 spiro atoms. The molecule has 1 saturated heterocycles. The van der Waals surface area contributed by atoms with E-state index < -0.39 is 42.6 Å². The molecule has 12 heteroatoms. The van der Waals surface area contributed by atoms with Crippen molar-refractivity contribution >= 4 is 32.1 Å². The van der Waals surface area contributed by atoms with Crippen molar-refractivity contribution in [3.63, 3.8) is 0 Å². The summed E-state index contributed by atoms with van der Waals surface area (Å²) < 4.78 is 61.9. The standard InChI is InChI=1S/C18H20N2O8S2/c1-11-6-5-9-20(11)16-15(12-7-3-2-4-8-12)14(29(19,23)24)10-13(18(21)22)17(16)28-30(25,26)27/h2-4,7-8,10-11H,5-6,9H2,1H3,(H,21,22)(H2,19,23,24)(H,25,26,27). The van der Waals surface area contributed by atoms with E-state index in [4.69, 9.17) is 5.14 Å². The second kappa shape index (κ2) is 7.87. The van der Waals surface area contributed by atoms with Crippen LogP contribution in [0.3, 0.4) is 0 Å². The van der Waals surface area contributed by atoms with Crippen molar-refractivity contribution in [3.05, 3.63) is 42.0 Å². The summed E-state index contributed by atoms with van der Waals surface area (Å²) in [5.74, 6) is -2.32. The molecular formula is C18H20N2O8S2. The van der Waals surface area contributed by atoms with Gasteiger partial charge >= 0.3 is 16.4 Å². The number of sulfonamides is 1. The summed E-state index contributed by atoms with van der Waals surface area (Å²) in [6.45, 7) is 2.21. The second-order valence-corrected chi connectivity index (χ2v) is 9.44. The van der Waals surface area contributed by atoms with Gasteiger partial charge in [-0.25, -0.2) is 18.4 Å². The van der Waals surface area contributed by atoms with Gasteiger partial charge in [-0.05, 0) is 31.4 Å². The Morgan fingerprint density at radius 1 is 1.20 bits per heavy atom. The van der Waals surface area contributed by atoms with Crippen LogP contribution >= 0.6 is 0 Å². The van der Waals surface area contributed by atoms with Crippen LogP contribution in [0.5, 0.6) is 5.75 Å². The summed E-state index contributed by atoms with van der Waals surface area (Å²) in [7, 11) is -9.55. The Morgan fingerprint density at radius 2 is 1.83 bits per heavy atom. The number of rotatable bonds is 6. The van der Waals surface area contributed by atoms with Crippen LogP contribution in [-0.2, 0) is 20.4 Å². The number of nitrogens with zero attached hydrogens (tertiary/aromatic N) is 1. The number of primary sulfonamides is 1. The predicted octanol–water partition coefficient (Wildman–Crippen LogP) is 1.87. The van der Waals surface area contributed by atoms with Gasteiger partial charge in [0.25, 0.3) is 0 Å². The summed E-state index contributed by atoms with van der Waals surface area (Å²) in [6.07, 6.45) is 1.39. The first kappa shape index (κ1) is 22.0. The maximum Gasteiger partial charge on any atom is 0.446 e. The zero-order valence-electron chi connectivity index (χ0n) is 15.8. The number of anilines is 1. The van der Waals surface area contributed by atoms with E-state index in [2.05, 4.69) is 4.18 Å². The summed E-state index contributed by atoms with van der Waals surface area (Å²) >= 11 is 0. The van der Waals surface area contributed by atoms with Gasteiger partial charge in [-0.15, -0.1) is 0 Å². The summed E-state index contributed by atoms with van der Waals surface area (Å²) in [4.78, 5) is 13.0. The largest absolute Gasteiger partial charge is 0.478 e. The van der Waals surface area contributed by atoms with Crippen LogP contribution < -0.4 is 14.2 Å². The highest BCUT2D eigenvalue weighted by Gasteiger charge is 2.35. The van der Waals surface area contributed by atoms with Crippen molar-refractivity contribution in [3.8, 4) is 16.9 Å².